The monoisotopic (exact) mass is 260 g/mol. The zero-order valence-corrected chi connectivity index (χ0v) is 13.2. The van der Waals surface area contributed by atoms with E-state index in [9.17, 15) is 0 Å². The van der Waals surface area contributed by atoms with Crippen molar-refractivity contribution < 1.29 is 4.57 Å². The predicted molar refractivity (Wildman–Crippen MR) is 85.0 cm³/mol. The smallest absolute Gasteiger partial charge is 0.285 e. The molecule has 1 nitrogen and oxygen atoms in total. The minimum absolute atomic E-state index is 0.535. The molecule has 0 saturated carbocycles. The minimum atomic E-state index is 0.535. The van der Waals surface area contributed by atoms with E-state index in [0.29, 0.717) is 19.1 Å². The second-order valence-electron chi connectivity index (χ2n) is 7.30. The predicted octanol–water partition coefficient (Wildman–Crippen LogP) is 5.30. The van der Waals surface area contributed by atoms with Crippen LogP contribution in [0.15, 0.2) is 0 Å². The Balaban J connectivity index is 2.03. The molecule has 106 valence electrons. The molecule has 3 saturated heterocycles. The zero-order valence-electron chi connectivity index (χ0n) is 13.2. The van der Waals surface area contributed by atoms with Crippen molar-refractivity contribution in [1.29, 1.82) is 0 Å². The highest BCUT2D eigenvalue weighted by atomic mass is 16.4. The van der Waals surface area contributed by atoms with Gasteiger partial charge in [-0.2, -0.15) is 0 Å². The van der Waals surface area contributed by atoms with Crippen molar-refractivity contribution in [2.75, 3.05) is 0 Å². The quantitative estimate of drug-likeness (QED) is 0.625. The lowest BCUT2D eigenvalue weighted by Gasteiger charge is -2.43. The van der Waals surface area contributed by atoms with E-state index in [-0.39, 0.29) is 0 Å². The van der Waals surface area contributed by atoms with Gasteiger partial charge in [-0.15, -0.1) is 0 Å². The van der Waals surface area contributed by atoms with Crippen LogP contribution in [0.4, 0.5) is 0 Å². The molecule has 0 aromatic heterocycles. The van der Waals surface area contributed by atoms with Gasteiger partial charge in [-0.05, 0) is 22.9 Å². The van der Waals surface area contributed by atoms with Gasteiger partial charge in [-0.1, -0.05) is 78.5 Å². The van der Waals surface area contributed by atoms with Crippen LogP contribution >= 0.6 is 0 Å². The molecule has 0 radical (unpaired) electrons. The highest BCUT2D eigenvalue weighted by Gasteiger charge is 2.63. The van der Waals surface area contributed by atoms with E-state index in [1.54, 1.807) is 0 Å². The number of rotatable bonds is 3. The fourth-order valence-corrected chi connectivity index (χ4v) is 6.21. The maximum absolute atomic E-state index is 6.71. The van der Waals surface area contributed by atoms with E-state index in [1.165, 1.54) is 57.7 Å². The van der Waals surface area contributed by atoms with Gasteiger partial charge in [0.2, 0.25) is 0 Å². The standard InChI is InChI=1S/C16H30B2O/c1-4-15-16(5-2)13-9-7-11-14(12-8-10-13)18(16)19-17(15)6-3/h13-15H,4-12H2,1-3H3. The minimum Gasteiger partial charge on any atom is -0.498 e. The molecule has 0 spiro atoms. The average molecular weight is 260 g/mol. The summed E-state index contributed by atoms with van der Waals surface area (Å²) in [5.41, 5.74) is 0. The normalized spacial score (nSPS) is 42.2. The highest BCUT2D eigenvalue weighted by molar-refractivity contribution is 6.76. The van der Waals surface area contributed by atoms with Crippen LogP contribution < -0.4 is 0 Å². The lowest BCUT2D eigenvalue weighted by atomic mass is 9.31. The lowest BCUT2D eigenvalue weighted by molar-refractivity contribution is 0.277. The number of hydrogen-bond acceptors (Lipinski definition) is 1. The summed E-state index contributed by atoms with van der Waals surface area (Å²) in [7, 11) is 0. The molecule has 3 aliphatic rings. The van der Waals surface area contributed by atoms with E-state index in [0.717, 1.165) is 17.6 Å². The Labute approximate surface area is 120 Å². The topological polar surface area (TPSA) is 9.23 Å². The molecule has 2 unspecified atom stereocenters. The molecule has 0 amide bonds. The lowest BCUT2D eigenvalue weighted by Crippen LogP contribution is -2.37. The summed E-state index contributed by atoms with van der Waals surface area (Å²) >= 11 is 0. The SMILES string of the molecule is CCB1OB2C3CCCC(CCC3)C2(CC)C1CC. The van der Waals surface area contributed by atoms with Crippen LogP contribution in [0.1, 0.15) is 72.1 Å². The van der Waals surface area contributed by atoms with Crippen molar-refractivity contribution in [3.8, 4) is 0 Å². The van der Waals surface area contributed by atoms with Crippen molar-refractivity contribution in [1.82, 2.24) is 0 Å². The molecule has 3 heterocycles. The summed E-state index contributed by atoms with van der Waals surface area (Å²) in [4.78, 5) is 0. The Morgan fingerprint density at radius 1 is 1.05 bits per heavy atom. The second-order valence-corrected chi connectivity index (χ2v) is 7.30. The summed E-state index contributed by atoms with van der Waals surface area (Å²) < 4.78 is 6.71. The summed E-state index contributed by atoms with van der Waals surface area (Å²) in [5, 5.41) is 0.535. The van der Waals surface area contributed by atoms with E-state index in [2.05, 4.69) is 20.8 Å². The van der Waals surface area contributed by atoms with Crippen LogP contribution in [0, 0.1) is 5.92 Å². The molecule has 0 N–H and O–H groups in total. The maximum Gasteiger partial charge on any atom is 0.285 e. The molecule has 3 fully saturated rings. The van der Waals surface area contributed by atoms with Gasteiger partial charge in [0.25, 0.3) is 13.8 Å². The Morgan fingerprint density at radius 2 is 1.74 bits per heavy atom. The summed E-state index contributed by atoms with van der Waals surface area (Å²) in [6, 6.07) is 0. The molecule has 3 aliphatic heterocycles. The van der Waals surface area contributed by atoms with Crippen molar-refractivity contribution >= 4 is 13.8 Å². The van der Waals surface area contributed by atoms with Gasteiger partial charge >= 0.3 is 0 Å². The molecule has 19 heavy (non-hydrogen) atoms. The maximum atomic E-state index is 6.71. The van der Waals surface area contributed by atoms with E-state index in [1.807, 2.05) is 0 Å². The summed E-state index contributed by atoms with van der Waals surface area (Å²) in [6.07, 6.45) is 12.7. The molecule has 2 atom stereocenters. The van der Waals surface area contributed by atoms with E-state index >= 15 is 0 Å². The van der Waals surface area contributed by atoms with Gasteiger partial charge in [0.15, 0.2) is 0 Å². The third-order valence-electron chi connectivity index (χ3n) is 6.89. The van der Waals surface area contributed by atoms with Crippen LogP contribution in [0.25, 0.3) is 0 Å². The van der Waals surface area contributed by atoms with Crippen molar-refractivity contribution in [2.45, 2.75) is 95.4 Å². The first kappa shape index (κ1) is 14.0. The van der Waals surface area contributed by atoms with Gasteiger partial charge in [0.1, 0.15) is 0 Å². The van der Waals surface area contributed by atoms with Crippen molar-refractivity contribution in [2.24, 2.45) is 5.92 Å². The Morgan fingerprint density at radius 3 is 2.26 bits per heavy atom. The largest absolute Gasteiger partial charge is 0.498 e. The van der Waals surface area contributed by atoms with Gasteiger partial charge in [-0.3, -0.25) is 0 Å². The average Bonchev–Trinajstić information content (AvgIpc) is 2.56. The first-order valence-corrected chi connectivity index (χ1v) is 8.93. The molecule has 3 rings (SSSR count). The first-order valence-electron chi connectivity index (χ1n) is 8.93. The third kappa shape index (κ3) is 1.94. The Bertz CT molecular complexity index is 312. The molecule has 0 aliphatic carbocycles. The van der Waals surface area contributed by atoms with E-state index < -0.39 is 0 Å². The van der Waals surface area contributed by atoms with Gasteiger partial charge in [0, 0.05) is 0 Å². The van der Waals surface area contributed by atoms with Crippen LogP contribution in [-0.2, 0) is 4.57 Å². The zero-order chi connectivity index (χ0) is 13.5. The van der Waals surface area contributed by atoms with Crippen molar-refractivity contribution in [3.05, 3.63) is 0 Å². The second kappa shape index (κ2) is 5.47. The van der Waals surface area contributed by atoms with Gasteiger partial charge < -0.3 is 4.57 Å². The van der Waals surface area contributed by atoms with Crippen LogP contribution in [-0.4, -0.2) is 13.8 Å². The Hall–Kier alpha value is 0.0899. The third-order valence-corrected chi connectivity index (χ3v) is 6.89. The van der Waals surface area contributed by atoms with Gasteiger partial charge in [0.05, 0.1) is 0 Å². The Kier molecular flexibility index (Phi) is 4.04. The summed E-state index contributed by atoms with van der Waals surface area (Å²) in [5.74, 6) is 2.66. The van der Waals surface area contributed by atoms with E-state index in [4.69, 9.17) is 4.57 Å². The molecular formula is C16H30B2O. The molecule has 2 bridgehead atoms. The number of hydrogen-bond donors (Lipinski definition) is 0. The summed E-state index contributed by atoms with van der Waals surface area (Å²) in [6.45, 7) is 8.35. The molecule has 3 heteroatoms. The fourth-order valence-electron chi connectivity index (χ4n) is 6.21. The van der Waals surface area contributed by atoms with Crippen LogP contribution in [0.2, 0.25) is 23.3 Å². The van der Waals surface area contributed by atoms with Crippen molar-refractivity contribution in [3.63, 3.8) is 0 Å². The molecule has 0 aromatic carbocycles. The van der Waals surface area contributed by atoms with Gasteiger partial charge in [-0.25, -0.2) is 0 Å². The molecule has 0 aromatic rings. The first-order chi connectivity index (χ1) is 9.27. The highest BCUT2D eigenvalue weighted by Crippen LogP contribution is 2.68. The fraction of sp³-hybridized carbons (Fsp3) is 1.00. The molecular weight excluding hydrogens is 230 g/mol. The van der Waals surface area contributed by atoms with Crippen LogP contribution in [0.5, 0.6) is 0 Å². The van der Waals surface area contributed by atoms with Crippen LogP contribution in [0.3, 0.4) is 0 Å².